The maximum atomic E-state index is 10.0. The fourth-order valence-corrected chi connectivity index (χ4v) is 2.74. The summed E-state index contributed by atoms with van der Waals surface area (Å²) in [6.45, 7) is 6.25. The Morgan fingerprint density at radius 1 is 1.31 bits per heavy atom. The maximum absolute atomic E-state index is 10.0. The quantitative estimate of drug-likeness (QED) is 0.798. The molecule has 2 unspecified atom stereocenters. The van der Waals surface area contributed by atoms with Crippen LogP contribution in [0.15, 0.2) is 0 Å². The smallest absolute Gasteiger partial charge is 0.0632 e. The largest absolute Gasteiger partial charge is 0.390 e. The van der Waals surface area contributed by atoms with Gasteiger partial charge in [-0.2, -0.15) is 0 Å². The number of hydrogen-bond donors (Lipinski definition) is 1. The van der Waals surface area contributed by atoms with Gasteiger partial charge in [0.1, 0.15) is 0 Å². The van der Waals surface area contributed by atoms with E-state index in [1.54, 1.807) is 0 Å². The van der Waals surface area contributed by atoms with Gasteiger partial charge in [-0.15, -0.1) is 0 Å². The zero-order chi connectivity index (χ0) is 11.4. The molecule has 1 N–H and O–H groups in total. The Morgan fingerprint density at radius 3 is 2.94 bits per heavy atom. The molecule has 0 aromatic heterocycles. The second kappa shape index (κ2) is 5.48. The molecule has 0 bridgehead atoms. The van der Waals surface area contributed by atoms with Crippen molar-refractivity contribution in [3.8, 4) is 0 Å². The van der Waals surface area contributed by atoms with Gasteiger partial charge in [0, 0.05) is 19.7 Å². The van der Waals surface area contributed by atoms with Crippen LogP contribution in [-0.4, -0.2) is 48.0 Å². The lowest BCUT2D eigenvalue weighted by Crippen LogP contribution is -2.30. The molecule has 0 spiro atoms. The fourth-order valence-electron chi connectivity index (χ4n) is 2.74. The third-order valence-corrected chi connectivity index (χ3v) is 3.95. The Hall–Kier alpha value is -0.120. The first-order chi connectivity index (χ1) is 7.66. The van der Waals surface area contributed by atoms with Gasteiger partial charge in [-0.05, 0) is 52.0 Å². The minimum absolute atomic E-state index is 0.432. The summed E-state index contributed by atoms with van der Waals surface area (Å²) < 4.78 is 5.64. The Bertz CT molecular complexity index is 212. The van der Waals surface area contributed by atoms with Crippen LogP contribution in [0.5, 0.6) is 0 Å². The van der Waals surface area contributed by atoms with Crippen molar-refractivity contribution in [3.05, 3.63) is 0 Å². The van der Waals surface area contributed by atoms with E-state index in [-0.39, 0.29) is 0 Å². The molecule has 16 heavy (non-hydrogen) atoms. The van der Waals surface area contributed by atoms with Crippen molar-refractivity contribution in [3.63, 3.8) is 0 Å². The molecule has 0 saturated carbocycles. The molecule has 2 heterocycles. The number of aliphatic hydroxyl groups is 1. The minimum atomic E-state index is -0.432. The summed E-state index contributed by atoms with van der Waals surface area (Å²) in [7, 11) is 0. The second-order valence-corrected chi connectivity index (χ2v) is 5.62. The van der Waals surface area contributed by atoms with Gasteiger partial charge in [-0.1, -0.05) is 0 Å². The molecular weight excluding hydrogens is 202 g/mol. The maximum Gasteiger partial charge on any atom is 0.0632 e. The van der Waals surface area contributed by atoms with Crippen molar-refractivity contribution in [1.29, 1.82) is 0 Å². The summed E-state index contributed by atoms with van der Waals surface area (Å²) in [6.07, 6.45) is 7.14. The Kier molecular flexibility index (Phi) is 4.22. The average Bonchev–Trinajstić information content (AvgIpc) is 2.68. The van der Waals surface area contributed by atoms with Gasteiger partial charge in [-0.25, -0.2) is 0 Å². The van der Waals surface area contributed by atoms with E-state index in [2.05, 4.69) is 4.90 Å². The lowest BCUT2D eigenvalue weighted by Gasteiger charge is -2.23. The molecule has 2 rings (SSSR count). The first-order valence-electron chi connectivity index (χ1n) is 6.72. The lowest BCUT2D eigenvalue weighted by molar-refractivity contribution is 0.0437. The summed E-state index contributed by atoms with van der Waals surface area (Å²) in [4.78, 5) is 2.49. The van der Waals surface area contributed by atoms with Gasteiger partial charge in [0.05, 0.1) is 11.7 Å². The molecule has 0 radical (unpaired) electrons. The van der Waals surface area contributed by atoms with Crippen LogP contribution in [-0.2, 0) is 4.74 Å². The van der Waals surface area contributed by atoms with Crippen LogP contribution in [0, 0.1) is 0 Å². The highest BCUT2D eigenvalue weighted by Gasteiger charge is 2.25. The number of rotatable bonds is 3. The zero-order valence-electron chi connectivity index (χ0n) is 10.5. The molecule has 3 heteroatoms. The van der Waals surface area contributed by atoms with E-state index in [9.17, 15) is 5.11 Å². The average molecular weight is 227 g/mol. The summed E-state index contributed by atoms with van der Waals surface area (Å²) in [5.74, 6) is 0. The first kappa shape index (κ1) is 12.3. The molecule has 94 valence electrons. The van der Waals surface area contributed by atoms with Crippen molar-refractivity contribution in [2.24, 2.45) is 0 Å². The van der Waals surface area contributed by atoms with E-state index in [1.165, 1.54) is 19.3 Å². The van der Waals surface area contributed by atoms with Crippen LogP contribution < -0.4 is 0 Å². The Labute approximate surface area is 98.8 Å². The Morgan fingerprint density at radius 2 is 2.19 bits per heavy atom. The number of ether oxygens (including phenoxy) is 1. The molecule has 0 amide bonds. The molecule has 2 aliphatic rings. The summed E-state index contributed by atoms with van der Waals surface area (Å²) >= 11 is 0. The molecule has 2 fully saturated rings. The normalized spacial score (nSPS) is 37.5. The van der Waals surface area contributed by atoms with E-state index in [0.29, 0.717) is 6.10 Å². The second-order valence-electron chi connectivity index (χ2n) is 5.62. The van der Waals surface area contributed by atoms with E-state index in [4.69, 9.17) is 4.74 Å². The predicted octanol–water partition coefficient (Wildman–Crippen LogP) is 1.79. The highest BCUT2D eigenvalue weighted by molar-refractivity contribution is 4.79. The molecule has 2 aliphatic heterocycles. The first-order valence-corrected chi connectivity index (χ1v) is 6.72. The van der Waals surface area contributed by atoms with Gasteiger partial charge in [0.25, 0.3) is 0 Å². The van der Waals surface area contributed by atoms with Crippen LogP contribution in [0.2, 0.25) is 0 Å². The van der Waals surface area contributed by atoms with Crippen molar-refractivity contribution < 1.29 is 9.84 Å². The number of likely N-dealkylation sites (tertiary alicyclic amines) is 1. The van der Waals surface area contributed by atoms with Gasteiger partial charge in [0.2, 0.25) is 0 Å². The molecular formula is C13H25NO2. The standard InChI is InChI=1S/C13H25NO2/c1-13(15)6-3-8-14(10-7-13)9-5-12-4-2-11-16-12/h12,15H,2-11H2,1H3. The van der Waals surface area contributed by atoms with E-state index < -0.39 is 5.60 Å². The topological polar surface area (TPSA) is 32.7 Å². The summed E-state index contributed by atoms with van der Waals surface area (Å²) in [5, 5.41) is 10.0. The van der Waals surface area contributed by atoms with Crippen LogP contribution in [0.3, 0.4) is 0 Å². The summed E-state index contributed by atoms with van der Waals surface area (Å²) in [5.41, 5.74) is -0.432. The van der Waals surface area contributed by atoms with Crippen LogP contribution in [0.4, 0.5) is 0 Å². The van der Waals surface area contributed by atoms with Crippen molar-refractivity contribution in [2.45, 2.75) is 57.2 Å². The molecule has 0 aromatic carbocycles. The zero-order valence-corrected chi connectivity index (χ0v) is 10.5. The predicted molar refractivity (Wildman–Crippen MR) is 64.5 cm³/mol. The molecule has 0 aliphatic carbocycles. The SMILES string of the molecule is CC1(O)CCCN(CCC2CCCO2)CC1. The third kappa shape index (κ3) is 3.72. The third-order valence-electron chi connectivity index (χ3n) is 3.95. The van der Waals surface area contributed by atoms with Gasteiger partial charge < -0.3 is 14.7 Å². The Balaban J connectivity index is 1.69. The highest BCUT2D eigenvalue weighted by Crippen LogP contribution is 2.22. The van der Waals surface area contributed by atoms with Gasteiger partial charge in [0.15, 0.2) is 0 Å². The number of nitrogens with zero attached hydrogens (tertiary/aromatic N) is 1. The van der Waals surface area contributed by atoms with Crippen LogP contribution in [0.25, 0.3) is 0 Å². The van der Waals surface area contributed by atoms with Crippen molar-refractivity contribution in [1.82, 2.24) is 4.90 Å². The van der Waals surface area contributed by atoms with E-state index in [1.807, 2.05) is 6.92 Å². The number of hydrogen-bond acceptors (Lipinski definition) is 3. The van der Waals surface area contributed by atoms with Crippen LogP contribution in [0.1, 0.15) is 45.4 Å². The molecule has 2 atom stereocenters. The van der Waals surface area contributed by atoms with E-state index >= 15 is 0 Å². The van der Waals surface area contributed by atoms with E-state index in [0.717, 1.165) is 45.5 Å². The molecule has 2 saturated heterocycles. The monoisotopic (exact) mass is 227 g/mol. The molecule has 3 nitrogen and oxygen atoms in total. The minimum Gasteiger partial charge on any atom is -0.390 e. The molecule has 0 aromatic rings. The van der Waals surface area contributed by atoms with Crippen LogP contribution >= 0.6 is 0 Å². The van der Waals surface area contributed by atoms with Crippen molar-refractivity contribution in [2.75, 3.05) is 26.2 Å². The highest BCUT2D eigenvalue weighted by atomic mass is 16.5. The summed E-state index contributed by atoms with van der Waals surface area (Å²) in [6, 6.07) is 0. The fraction of sp³-hybridized carbons (Fsp3) is 1.00. The van der Waals surface area contributed by atoms with Gasteiger partial charge in [-0.3, -0.25) is 0 Å². The lowest BCUT2D eigenvalue weighted by atomic mass is 9.98. The van der Waals surface area contributed by atoms with Crippen molar-refractivity contribution >= 4 is 0 Å². The van der Waals surface area contributed by atoms with Gasteiger partial charge >= 0.3 is 0 Å².